The van der Waals surface area contributed by atoms with Gasteiger partial charge in [-0.3, -0.25) is 4.74 Å². The number of fused-ring (bicyclic) bond motifs is 2. The highest BCUT2D eigenvalue weighted by Crippen LogP contribution is 2.33. The zero-order chi connectivity index (χ0) is 22.1. The summed E-state index contributed by atoms with van der Waals surface area (Å²) in [4.78, 5) is 0. The van der Waals surface area contributed by atoms with Gasteiger partial charge in [0.15, 0.2) is 0 Å². The van der Waals surface area contributed by atoms with Gasteiger partial charge in [-0.25, -0.2) is 0 Å². The summed E-state index contributed by atoms with van der Waals surface area (Å²) in [5, 5.41) is 5.20. The predicted octanol–water partition coefficient (Wildman–Crippen LogP) is 5.82. The Balaban J connectivity index is 0.000000214. The summed E-state index contributed by atoms with van der Waals surface area (Å²) in [6.07, 6.45) is 0. The standard InChI is InChI=1S/C20H14.C6H14O5/c1-3-11-17-15(7-1)9-5-13-19(17)20-14-6-10-16-8-2-4-12-18(16)20;1-7-5(8-2)11-6(9-3)10-4/h1-14H;5-6H,1-4H3. The van der Waals surface area contributed by atoms with Gasteiger partial charge in [-0.2, -0.15) is 0 Å². The topological polar surface area (TPSA) is 46.2 Å². The minimum Gasteiger partial charge on any atom is -0.333 e. The summed E-state index contributed by atoms with van der Waals surface area (Å²) in [6.45, 7) is -1.53. The second-order valence-corrected chi connectivity index (χ2v) is 6.71. The Morgan fingerprint density at radius 3 is 1.19 bits per heavy atom. The van der Waals surface area contributed by atoms with Crippen molar-refractivity contribution in [1.82, 2.24) is 0 Å². The van der Waals surface area contributed by atoms with Crippen LogP contribution in [-0.2, 0) is 23.7 Å². The van der Waals surface area contributed by atoms with Crippen molar-refractivity contribution in [1.29, 1.82) is 0 Å². The molecule has 162 valence electrons. The predicted molar refractivity (Wildman–Crippen MR) is 124 cm³/mol. The number of ether oxygens (including phenoxy) is 5. The van der Waals surface area contributed by atoms with Gasteiger partial charge >= 0.3 is 0 Å². The molecule has 4 aromatic rings. The summed E-state index contributed by atoms with van der Waals surface area (Å²) in [5.41, 5.74) is 2.61. The number of rotatable bonds is 7. The third-order valence-electron chi connectivity index (χ3n) is 4.86. The van der Waals surface area contributed by atoms with Gasteiger partial charge in [0.2, 0.25) is 0 Å². The third kappa shape index (κ3) is 5.67. The molecule has 4 rings (SSSR count). The highest BCUT2D eigenvalue weighted by atomic mass is 16.9. The lowest BCUT2D eigenvalue weighted by Gasteiger charge is -2.19. The van der Waals surface area contributed by atoms with Crippen molar-refractivity contribution in [3.05, 3.63) is 84.9 Å². The maximum Gasteiger partial charge on any atom is 0.275 e. The Morgan fingerprint density at radius 2 is 0.806 bits per heavy atom. The van der Waals surface area contributed by atoms with E-state index in [0.29, 0.717) is 0 Å². The molecule has 0 radical (unpaired) electrons. The van der Waals surface area contributed by atoms with Crippen molar-refractivity contribution in [2.75, 3.05) is 28.4 Å². The molecular formula is C26H28O5. The molecule has 0 aromatic heterocycles. The maximum atomic E-state index is 4.96. The number of benzene rings is 4. The van der Waals surface area contributed by atoms with Gasteiger partial charge in [0.05, 0.1) is 0 Å². The Morgan fingerprint density at radius 1 is 0.452 bits per heavy atom. The van der Waals surface area contributed by atoms with Crippen LogP contribution in [0.25, 0.3) is 32.7 Å². The number of hydrogen-bond acceptors (Lipinski definition) is 5. The molecular weight excluding hydrogens is 392 g/mol. The highest BCUT2D eigenvalue weighted by Gasteiger charge is 2.13. The molecule has 0 fully saturated rings. The lowest BCUT2D eigenvalue weighted by atomic mass is 9.94. The molecule has 5 nitrogen and oxygen atoms in total. The van der Waals surface area contributed by atoms with Crippen molar-refractivity contribution >= 4 is 21.5 Å². The van der Waals surface area contributed by atoms with Gasteiger partial charge in [0, 0.05) is 28.4 Å². The molecule has 0 saturated carbocycles. The number of hydrogen-bond donors (Lipinski definition) is 0. The molecule has 0 spiro atoms. The summed E-state index contributed by atoms with van der Waals surface area (Å²) in [7, 11) is 5.82. The first kappa shape index (κ1) is 22.9. The van der Waals surface area contributed by atoms with Crippen LogP contribution in [-0.4, -0.2) is 41.4 Å². The SMILES string of the molecule is COC(OC)OC(OC)OC.c1ccc2c(-c3cccc4ccccc34)cccc2c1. The smallest absolute Gasteiger partial charge is 0.275 e. The molecule has 0 amide bonds. The molecule has 0 saturated heterocycles. The molecule has 0 aliphatic heterocycles. The van der Waals surface area contributed by atoms with Gasteiger partial charge in [-0.1, -0.05) is 84.9 Å². The Labute approximate surface area is 183 Å². The second kappa shape index (κ2) is 11.6. The van der Waals surface area contributed by atoms with Crippen LogP contribution in [0.5, 0.6) is 0 Å². The summed E-state index contributed by atoms with van der Waals surface area (Å²) >= 11 is 0. The van der Waals surface area contributed by atoms with Gasteiger partial charge in [0.25, 0.3) is 13.0 Å². The fourth-order valence-corrected chi connectivity index (χ4v) is 3.43. The largest absolute Gasteiger partial charge is 0.333 e. The van der Waals surface area contributed by atoms with E-state index >= 15 is 0 Å². The molecule has 0 atom stereocenters. The highest BCUT2D eigenvalue weighted by molar-refractivity contribution is 6.05. The molecule has 0 aliphatic carbocycles. The molecule has 31 heavy (non-hydrogen) atoms. The lowest BCUT2D eigenvalue weighted by Crippen LogP contribution is -2.27. The Kier molecular flexibility index (Phi) is 8.53. The van der Waals surface area contributed by atoms with Gasteiger partial charge < -0.3 is 18.9 Å². The summed E-state index contributed by atoms with van der Waals surface area (Å²) in [5.74, 6) is 0. The molecule has 5 heteroatoms. The third-order valence-corrected chi connectivity index (χ3v) is 4.86. The van der Waals surface area contributed by atoms with E-state index in [0.717, 1.165) is 0 Å². The second-order valence-electron chi connectivity index (χ2n) is 6.71. The van der Waals surface area contributed by atoms with Crippen LogP contribution >= 0.6 is 0 Å². The van der Waals surface area contributed by atoms with E-state index in [2.05, 4.69) is 84.9 Å². The van der Waals surface area contributed by atoms with E-state index in [1.54, 1.807) is 0 Å². The van der Waals surface area contributed by atoms with E-state index in [1.165, 1.54) is 61.1 Å². The van der Waals surface area contributed by atoms with Crippen LogP contribution in [0.4, 0.5) is 0 Å². The van der Waals surface area contributed by atoms with E-state index in [-0.39, 0.29) is 0 Å². The van der Waals surface area contributed by atoms with Crippen molar-refractivity contribution in [2.24, 2.45) is 0 Å². The van der Waals surface area contributed by atoms with Gasteiger partial charge in [-0.15, -0.1) is 0 Å². The molecule has 0 heterocycles. The first-order valence-electron chi connectivity index (χ1n) is 9.94. The lowest BCUT2D eigenvalue weighted by molar-refractivity contribution is -0.378. The van der Waals surface area contributed by atoms with Crippen LogP contribution in [0.15, 0.2) is 84.9 Å². The molecule has 0 aliphatic rings. The average Bonchev–Trinajstić information content (AvgIpc) is 2.85. The van der Waals surface area contributed by atoms with E-state index in [4.69, 9.17) is 23.7 Å². The van der Waals surface area contributed by atoms with Crippen molar-refractivity contribution < 1.29 is 23.7 Å². The zero-order valence-corrected chi connectivity index (χ0v) is 18.3. The molecule has 0 bridgehead atoms. The Bertz CT molecular complexity index is 989. The first-order valence-corrected chi connectivity index (χ1v) is 9.94. The quantitative estimate of drug-likeness (QED) is 0.353. The fraction of sp³-hybridized carbons (Fsp3) is 0.231. The van der Waals surface area contributed by atoms with Crippen LogP contribution in [0.3, 0.4) is 0 Å². The Hall–Kier alpha value is -2.80. The van der Waals surface area contributed by atoms with Gasteiger partial charge in [-0.05, 0) is 32.7 Å². The van der Waals surface area contributed by atoms with Crippen molar-refractivity contribution in [2.45, 2.75) is 13.0 Å². The van der Waals surface area contributed by atoms with Crippen LogP contribution in [0.2, 0.25) is 0 Å². The first-order chi connectivity index (χ1) is 15.2. The average molecular weight is 421 g/mol. The van der Waals surface area contributed by atoms with Crippen molar-refractivity contribution in [3.8, 4) is 11.1 Å². The molecule has 0 N–H and O–H groups in total. The zero-order valence-electron chi connectivity index (χ0n) is 18.3. The normalized spacial score (nSPS) is 11.2. The fourth-order valence-electron chi connectivity index (χ4n) is 3.43. The maximum absolute atomic E-state index is 4.96. The minimum absolute atomic E-state index is 0.764. The van der Waals surface area contributed by atoms with E-state index in [9.17, 15) is 0 Å². The summed E-state index contributed by atoms with van der Waals surface area (Å²) < 4.78 is 23.9. The van der Waals surface area contributed by atoms with Crippen LogP contribution in [0.1, 0.15) is 0 Å². The van der Waals surface area contributed by atoms with E-state index < -0.39 is 13.0 Å². The van der Waals surface area contributed by atoms with Crippen LogP contribution < -0.4 is 0 Å². The number of methoxy groups -OCH3 is 4. The minimum atomic E-state index is -0.764. The van der Waals surface area contributed by atoms with E-state index in [1.807, 2.05) is 0 Å². The molecule has 4 aromatic carbocycles. The monoisotopic (exact) mass is 420 g/mol. The van der Waals surface area contributed by atoms with Crippen molar-refractivity contribution in [3.63, 3.8) is 0 Å². The molecule has 0 unspecified atom stereocenters. The van der Waals surface area contributed by atoms with Gasteiger partial charge in [0.1, 0.15) is 0 Å². The summed E-state index contributed by atoms with van der Waals surface area (Å²) in [6, 6.07) is 30.2. The van der Waals surface area contributed by atoms with Crippen LogP contribution in [0, 0.1) is 0 Å².